The number of rotatable bonds is 5. The van der Waals surface area contributed by atoms with Crippen LogP contribution in [0.3, 0.4) is 0 Å². The van der Waals surface area contributed by atoms with Gasteiger partial charge in [0.25, 0.3) is 10.0 Å². The third-order valence-electron chi connectivity index (χ3n) is 2.75. The first-order valence-corrected chi connectivity index (χ1v) is 8.43. The molecule has 0 aliphatic heterocycles. The largest absolute Gasteiger partial charge is 0.381 e. The fourth-order valence-electron chi connectivity index (χ4n) is 1.66. The predicted octanol–water partition coefficient (Wildman–Crippen LogP) is 1.75. The summed E-state index contributed by atoms with van der Waals surface area (Å²) in [4.78, 5) is 5.11. The number of nitrogen functional groups attached to an aromatic ring is 1. The van der Waals surface area contributed by atoms with Gasteiger partial charge in [0.05, 0.1) is 5.69 Å². The minimum absolute atomic E-state index is 0.00375. The maximum absolute atomic E-state index is 12.3. The summed E-state index contributed by atoms with van der Waals surface area (Å²) in [5, 5.41) is 4.33. The zero-order valence-electron chi connectivity index (χ0n) is 11.5. The highest BCUT2D eigenvalue weighted by Crippen LogP contribution is 2.25. The van der Waals surface area contributed by atoms with Gasteiger partial charge in [-0.05, 0) is 20.3 Å². The minimum Gasteiger partial charge on any atom is -0.381 e. The molecule has 0 fully saturated rings. The van der Waals surface area contributed by atoms with Gasteiger partial charge in [0, 0.05) is 17.6 Å². The number of hydrogen-bond acceptors (Lipinski definition) is 6. The van der Waals surface area contributed by atoms with Gasteiger partial charge in [0.2, 0.25) is 0 Å². The van der Waals surface area contributed by atoms with E-state index in [9.17, 15) is 8.42 Å². The van der Waals surface area contributed by atoms with E-state index in [4.69, 9.17) is 5.73 Å². The Balaban J connectivity index is 2.30. The maximum atomic E-state index is 12.3. The lowest BCUT2D eigenvalue weighted by molar-refractivity contribution is 0.595. The number of aromatic nitrogens is 3. The Labute approximate surface area is 121 Å². The third kappa shape index (κ3) is 2.93. The molecule has 0 aromatic carbocycles. The molecule has 0 saturated carbocycles. The fraction of sp³-hybridized carbons (Fsp3) is 0.455. The molecule has 20 heavy (non-hydrogen) atoms. The molecule has 0 unspecified atom stereocenters. The van der Waals surface area contributed by atoms with Crippen molar-refractivity contribution >= 4 is 32.3 Å². The number of aryl methyl sites for hydroxylation is 3. The van der Waals surface area contributed by atoms with Crippen LogP contribution in [0.15, 0.2) is 11.1 Å². The zero-order chi connectivity index (χ0) is 14.9. The van der Waals surface area contributed by atoms with Crippen LogP contribution in [0, 0.1) is 13.8 Å². The average molecular weight is 315 g/mol. The lowest BCUT2D eigenvalue weighted by Crippen LogP contribution is -2.13. The van der Waals surface area contributed by atoms with Gasteiger partial charge in [-0.15, -0.1) is 11.3 Å². The Morgan fingerprint density at radius 1 is 1.45 bits per heavy atom. The van der Waals surface area contributed by atoms with E-state index in [2.05, 4.69) is 14.8 Å². The topological polar surface area (TPSA) is 103 Å². The molecular formula is C11H17N5O2S2. The monoisotopic (exact) mass is 315 g/mol. The summed E-state index contributed by atoms with van der Waals surface area (Å²) in [6.45, 7) is 6.32. The molecule has 7 nitrogen and oxygen atoms in total. The number of nitrogens with two attached hydrogens (primary N) is 1. The van der Waals surface area contributed by atoms with Gasteiger partial charge < -0.3 is 5.73 Å². The average Bonchev–Trinajstić information content (AvgIpc) is 2.83. The van der Waals surface area contributed by atoms with Crippen molar-refractivity contribution in [3.8, 4) is 0 Å². The highest BCUT2D eigenvalue weighted by atomic mass is 32.2. The molecule has 110 valence electrons. The first-order chi connectivity index (χ1) is 9.33. The number of thiazole rings is 1. The van der Waals surface area contributed by atoms with E-state index in [1.54, 1.807) is 0 Å². The van der Waals surface area contributed by atoms with E-state index in [1.165, 1.54) is 22.2 Å². The van der Waals surface area contributed by atoms with Crippen molar-refractivity contribution in [1.29, 1.82) is 0 Å². The molecule has 0 aliphatic rings. The summed E-state index contributed by atoms with van der Waals surface area (Å²) in [5.41, 5.74) is 6.49. The van der Waals surface area contributed by atoms with Crippen molar-refractivity contribution in [3.63, 3.8) is 0 Å². The molecule has 2 aromatic heterocycles. The number of nitrogens with one attached hydrogen (secondary N) is 1. The van der Waals surface area contributed by atoms with Gasteiger partial charge in [-0.25, -0.2) is 13.4 Å². The van der Waals surface area contributed by atoms with Crippen LogP contribution in [0.25, 0.3) is 0 Å². The van der Waals surface area contributed by atoms with Crippen LogP contribution < -0.4 is 10.5 Å². The molecule has 0 amide bonds. The van der Waals surface area contributed by atoms with Crippen molar-refractivity contribution in [2.45, 2.75) is 38.6 Å². The molecule has 2 heterocycles. The van der Waals surface area contributed by atoms with E-state index >= 15 is 0 Å². The Kier molecular flexibility index (Phi) is 4.00. The molecule has 0 radical (unpaired) electrons. The van der Waals surface area contributed by atoms with Gasteiger partial charge in [-0.1, -0.05) is 6.92 Å². The molecule has 9 heteroatoms. The summed E-state index contributed by atoms with van der Waals surface area (Å²) in [7, 11) is -3.76. The van der Waals surface area contributed by atoms with Gasteiger partial charge in [0.15, 0.2) is 10.9 Å². The smallest absolute Gasteiger partial charge is 0.268 e. The summed E-state index contributed by atoms with van der Waals surface area (Å²) in [6, 6.07) is 0. The Morgan fingerprint density at radius 3 is 2.70 bits per heavy atom. The number of hydrogen-bond donors (Lipinski definition) is 2. The Bertz CT molecular complexity index is 698. The van der Waals surface area contributed by atoms with E-state index in [0.29, 0.717) is 11.7 Å². The molecule has 2 aromatic rings. The molecule has 0 aliphatic carbocycles. The number of sulfonamides is 1. The predicted molar refractivity (Wildman–Crippen MR) is 79.3 cm³/mol. The molecule has 0 bridgehead atoms. The van der Waals surface area contributed by atoms with Gasteiger partial charge in [0.1, 0.15) is 4.90 Å². The molecule has 3 N–H and O–H groups in total. The molecule has 0 saturated heterocycles. The quantitative estimate of drug-likeness (QED) is 0.875. The third-order valence-corrected chi connectivity index (χ3v) is 5.22. The molecular weight excluding hydrogens is 298 g/mol. The van der Waals surface area contributed by atoms with Crippen molar-refractivity contribution < 1.29 is 8.42 Å². The number of anilines is 2. The fourth-order valence-corrected chi connectivity index (χ4v) is 3.78. The standard InChI is InChI=1S/C11H17N5O2S2/c1-4-5-16-6-9(10(12)14-16)20(17,18)15-11-13-7(2)8(3)19-11/h6H,4-5H2,1-3H3,(H2,12,14)(H,13,15). The maximum Gasteiger partial charge on any atom is 0.268 e. The lowest BCUT2D eigenvalue weighted by atomic mass is 10.4. The normalized spacial score (nSPS) is 11.8. The summed E-state index contributed by atoms with van der Waals surface area (Å²) < 4.78 is 28.5. The van der Waals surface area contributed by atoms with Crippen LogP contribution in [0.4, 0.5) is 10.9 Å². The van der Waals surface area contributed by atoms with Crippen LogP contribution in [0.1, 0.15) is 23.9 Å². The van der Waals surface area contributed by atoms with Crippen molar-refractivity contribution in [1.82, 2.24) is 14.8 Å². The van der Waals surface area contributed by atoms with Crippen LogP contribution in [-0.2, 0) is 16.6 Å². The minimum atomic E-state index is -3.76. The molecule has 2 rings (SSSR count). The van der Waals surface area contributed by atoms with E-state index in [1.807, 2.05) is 20.8 Å². The van der Waals surface area contributed by atoms with Crippen LogP contribution >= 0.6 is 11.3 Å². The highest BCUT2D eigenvalue weighted by Gasteiger charge is 2.22. The second-order valence-electron chi connectivity index (χ2n) is 4.41. The molecule has 0 atom stereocenters. The second-order valence-corrected chi connectivity index (χ2v) is 7.26. The van der Waals surface area contributed by atoms with Crippen LogP contribution in [0.5, 0.6) is 0 Å². The van der Waals surface area contributed by atoms with E-state index in [-0.39, 0.29) is 10.7 Å². The lowest BCUT2D eigenvalue weighted by Gasteiger charge is -2.02. The van der Waals surface area contributed by atoms with Crippen molar-refractivity contribution in [3.05, 3.63) is 16.8 Å². The summed E-state index contributed by atoms with van der Waals surface area (Å²) in [5.74, 6) is -0.00375. The van der Waals surface area contributed by atoms with Gasteiger partial charge >= 0.3 is 0 Å². The highest BCUT2D eigenvalue weighted by molar-refractivity contribution is 7.93. The Hall–Kier alpha value is -1.61. The van der Waals surface area contributed by atoms with E-state index < -0.39 is 10.0 Å². The Morgan fingerprint density at radius 2 is 2.15 bits per heavy atom. The second kappa shape index (κ2) is 5.41. The van der Waals surface area contributed by atoms with E-state index in [0.717, 1.165) is 17.0 Å². The first-order valence-electron chi connectivity index (χ1n) is 6.13. The van der Waals surface area contributed by atoms with Crippen LogP contribution in [-0.4, -0.2) is 23.2 Å². The summed E-state index contributed by atoms with van der Waals surface area (Å²) >= 11 is 1.29. The zero-order valence-corrected chi connectivity index (χ0v) is 13.2. The number of nitrogens with zero attached hydrogens (tertiary/aromatic N) is 3. The van der Waals surface area contributed by atoms with Crippen molar-refractivity contribution in [2.75, 3.05) is 10.5 Å². The van der Waals surface area contributed by atoms with Gasteiger partial charge in [-0.2, -0.15) is 5.10 Å². The van der Waals surface area contributed by atoms with Crippen molar-refractivity contribution in [2.24, 2.45) is 0 Å². The SMILES string of the molecule is CCCn1cc(S(=O)(=O)Nc2nc(C)c(C)s2)c(N)n1. The molecule has 0 spiro atoms. The van der Waals surface area contributed by atoms with Crippen LogP contribution in [0.2, 0.25) is 0 Å². The first kappa shape index (κ1) is 14.8. The summed E-state index contributed by atoms with van der Waals surface area (Å²) in [6.07, 6.45) is 2.29. The van der Waals surface area contributed by atoms with Gasteiger partial charge in [-0.3, -0.25) is 9.40 Å².